The Morgan fingerprint density at radius 3 is 2.91 bits per heavy atom. The molecule has 0 bridgehead atoms. The van der Waals surface area contributed by atoms with Crippen LogP contribution in [-0.4, -0.2) is 27.2 Å². The number of aromatic amines is 1. The summed E-state index contributed by atoms with van der Waals surface area (Å²) in [6, 6.07) is 9.93. The molecule has 0 saturated carbocycles. The molecule has 120 valence electrons. The Morgan fingerprint density at radius 1 is 1.22 bits per heavy atom. The zero-order valence-electron chi connectivity index (χ0n) is 12.7. The van der Waals surface area contributed by atoms with Gasteiger partial charge in [-0.2, -0.15) is 5.21 Å². The molecule has 0 aliphatic heterocycles. The quantitative estimate of drug-likeness (QED) is 0.660. The maximum absolute atomic E-state index is 5.86. The topological polar surface area (TPSA) is 85.0 Å². The minimum atomic E-state index is 0.459. The molecule has 8 heteroatoms. The molecule has 1 aromatic carbocycles. The van der Waals surface area contributed by atoms with Crippen molar-refractivity contribution >= 4 is 17.3 Å². The summed E-state index contributed by atoms with van der Waals surface area (Å²) in [5.41, 5.74) is 1.04. The molecule has 0 amide bonds. The fourth-order valence-electron chi connectivity index (χ4n) is 2.01. The van der Waals surface area contributed by atoms with E-state index >= 15 is 0 Å². The van der Waals surface area contributed by atoms with Gasteiger partial charge in [-0.25, -0.2) is 0 Å². The second kappa shape index (κ2) is 7.59. The molecule has 2 aromatic heterocycles. The maximum atomic E-state index is 5.86. The highest BCUT2D eigenvalue weighted by Crippen LogP contribution is 2.30. The first-order valence-corrected chi connectivity index (χ1v) is 8.11. The Balaban J connectivity index is 1.67. The molecule has 3 rings (SSSR count). The number of nitrogens with zero attached hydrogens (tertiary/aromatic N) is 3. The van der Waals surface area contributed by atoms with Crippen molar-refractivity contribution in [3.63, 3.8) is 0 Å². The molecule has 3 aromatic rings. The Hall–Kier alpha value is -2.61. The summed E-state index contributed by atoms with van der Waals surface area (Å²) in [6.45, 7) is 3.65. The minimum Gasteiger partial charge on any atom is -0.490 e. The van der Waals surface area contributed by atoms with E-state index < -0.39 is 0 Å². The van der Waals surface area contributed by atoms with Crippen LogP contribution in [0.3, 0.4) is 0 Å². The monoisotopic (exact) mass is 331 g/mol. The summed E-state index contributed by atoms with van der Waals surface area (Å²) in [5.74, 6) is 1.93. The number of rotatable bonds is 8. The molecule has 0 saturated heterocycles. The number of aromatic nitrogens is 4. The standard InChI is InChI=1S/C15H17N5O2S/c1-2-21-14-8-11(9-16-15-17-19-20-18-15)5-6-13(14)22-10-12-4-3-7-23-12/h3-8H,2,9-10H2,1H3,(H2,16,17,18,19,20). The number of anilines is 1. The molecular formula is C15H17N5O2S. The minimum absolute atomic E-state index is 0.459. The van der Waals surface area contributed by atoms with Crippen LogP contribution in [0.5, 0.6) is 11.5 Å². The van der Waals surface area contributed by atoms with Gasteiger partial charge >= 0.3 is 0 Å². The van der Waals surface area contributed by atoms with Gasteiger partial charge < -0.3 is 14.8 Å². The maximum Gasteiger partial charge on any atom is 0.263 e. The number of benzene rings is 1. The molecule has 2 N–H and O–H groups in total. The summed E-state index contributed by atoms with van der Waals surface area (Å²) >= 11 is 1.67. The lowest BCUT2D eigenvalue weighted by Crippen LogP contribution is -2.03. The fourth-order valence-corrected chi connectivity index (χ4v) is 2.63. The summed E-state index contributed by atoms with van der Waals surface area (Å²) in [4.78, 5) is 1.18. The Labute approximate surface area is 137 Å². The summed E-state index contributed by atoms with van der Waals surface area (Å²) in [5, 5.41) is 18.7. The van der Waals surface area contributed by atoms with Gasteiger partial charge in [0.1, 0.15) is 6.61 Å². The molecule has 0 spiro atoms. The van der Waals surface area contributed by atoms with Crippen molar-refractivity contribution in [2.45, 2.75) is 20.1 Å². The third kappa shape index (κ3) is 4.19. The molecule has 0 aliphatic rings. The molecule has 7 nitrogen and oxygen atoms in total. The normalized spacial score (nSPS) is 10.5. The number of H-pyrrole nitrogens is 1. The van der Waals surface area contributed by atoms with E-state index in [1.807, 2.05) is 42.6 Å². The van der Waals surface area contributed by atoms with Crippen LogP contribution in [0, 0.1) is 0 Å². The highest BCUT2D eigenvalue weighted by atomic mass is 32.1. The third-order valence-electron chi connectivity index (χ3n) is 3.05. The van der Waals surface area contributed by atoms with Crippen molar-refractivity contribution in [1.29, 1.82) is 0 Å². The average Bonchev–Trinajstić information content (AvgIpc) is 3.26. The van der Waals surface area contributed by atoms with Crippen molar-refractivity contribution in [1.82, 2.24) is 20.6 Å². The van der Waals surface area contributed by atoms with Crippen LogP contribution >= 0.6 is 11.3 Å². The Kier molecular flexibility index (Phi) is 5.05. The van der Waals surface area contributed by atoms with E-state index in [0.717, 1.165) is 17.1 Å². The lowest BCUT2D eigenvalue weighted by Gasteiger charge is -2.13. The molecular weight excluding hydrogens is 314 g/mol. The van der Waals surface area contributed by atoms with Crippen LogP contribution in [0.15, 0.2) is 35.7 Å². The second-order valence-electron chi connectivity index (χ2n) is 4.67. The van der Waals surface area contributed by atoms with E-state index in [9.17, 15) is 0 Å². The largest absolute Gasteiger partial charge is 0.490 e. The first kappa shape index (κ1) is 15.3. The smallest absolute Gasteiger partial charge is 0.263 e. The van der Waals surface area contributed by atoms with Gasteiger partial charge in [0.25, 0.3) is 5.95 Å². The van der Waals surface area contributed by atoms with E-state index in [-0.39, 0.29) is 0 Å². The predicted octanol–water partition coefficient (Wildman–Crippen LogP) is 2.85. The predicted molar refractivity (Wildman–Crippen MR) is 87.8 cm³/mol. The van der Waals surface area contributed by atoms with Gasteiger partial charge in [-0.15, -0.1) is 16.4 Å². The van der Waals surface area contributed by atoms with Crippen molar-refractivity contribution < 1.29 is 9.47 Å². The van der Waals surface area contributed by atoms with Gasteiger partial charge in [-0.1, -0.05) is 17.2 Å². The Morgan fingerprint density at radius 2 is 2.17 bits per heavy atom. The van der Waals surface area contributed by atoms with E-state index in [1.54, 1.807) is 11.3 Å². The van der Waals surface area contributed by atoms with E-state index in [2.05, 4.69) is 25.9 Å². The molecule has 0 aliphatic carbocycles. The van der Waals surface area contributed by atoms with Crippen LogP contribution < -0.4 is 14.8 Å². The van der Waals surface area contributed by atoms with E-state index in [0.29, 0.717) is 25.7 Å². The summed E-state index contributed by atoms with van der Waals surface area (Å²) in [7, 11) is 0. The highest BCUT2D eigenvalue weighted by Gasteiger charge is 2.08. The van der Waals surface area contributed by atoms with E-state index in [1.165, 1.54) is 4.88 Å². The average molecular weight is 331 g/mol. The lowest BCUT2D eigenvalue weighted by molar-refractivity contribution is 0.271. The SMILES string of the molecule is CCOc1cc(CNc2nn[nH]n2)ccc1OCc1cccs1. The lowest BCUT2D eigenvalue weighted by atomic mass is 10.2. The molecule has 0 unspecified atom stereocenters. The molecule has 0 radical (unpaired) electrons. The number of hydrogen-bond donors (Lipinski definition) is 2. The Bertz CT molecular complexity index is 716. The molecule has 2 heterocycles. The van der Waals surface area contributed by atoms with Crippen molar-refractivity contribution in [2.24, 2.45) is 0 Å². The first-order chi connectivity index (χ1) is 11.3. The van der Waals surface area contributed by atoms with Crippen molar-refractivity contribution in [3.8, 4) is 11.5 Å². The van der Waals surface area contributed by atoms with Gasteiger partial charge in [0.05, 0.1) is 6.61 Å². The van der Waals surface area contributed by atoms with Gasteiger partial charge in [0.15, 0.2) is 11.5 Å². The van der Waals surface area contributed by atoms with Gasteiger partial charge in [-0.3, -0.25) is 0 Å². The second-order valence-corrected chi connectivity index (χ2v) is 5.70. The zero-order chi connectivity index (χ0) is 15.9. The number of hydrogen-bond acceptors (Lipinski definition) is 7. The van der Waals surface area contributed by atoms with Crippen LogP contribution in [0.1, 0.15) is 17.4 Å². The van der Waals surface area contributed by atoms with Crippen molar-refractivity contribution in [2.75, 3.05) is 11.9 Å². The first-order valence-electron chi connectivity index (χ1n) is 7.23. The van der Waals surface area contributed by atoms with Crippen LogP contribution in [-0.2, 0) is 13.2 Å². The number of ether oxygens (including phenoxy) is 2. The fraction of sp³-hybridized carbons (Fsp3) is 0.267. The summed E-state index contributed by atoms with van der Waals surface area (Å²) < 4.78 is 11.6. The van der Waals surface area contributed by atoms with Gasteiger partial charge in [0.2, 0.25) is 0 Å². The number of thiophene rings is 1. The third-order valence-corrected chi connectivity index (χ3v) is 3.90. The molecule has 23 heavy (non-hydrogen) atoms. The van der Waals surface area contributed by atoms with Gasteiger partial charge in [0, 0.05) is 11.4 Å². The van der Waals surface area contributed by atoms with Gasteiger partial charge in [-0.05, 0) is 41.3 Å². The van der Waals surface area contributed by atoms with Crippen LogP contribution in [0.2, 0.25) is 0 Å². The molecule has 0 atom stereocenters. The number of tetrazole rings is 1. The van der Waals surface area contributed by atoms with E-state index in [4.69, 9.17) is 9.47 Å². The zero-order valence-corrected chi connectivity index (χ0v) is 13.5. The number of nitrogens with one attached hydrogen (secondary N) is 2. The highest BCUT2D eigenvalue weighted by molar-refractivity contribution is 7.09. The molecule has 0 fully saturated rings. The van der Waals surface area contributed by atoms with Crippen LogP contribution in [0.4, 0.5) is 5.95 Å². The van der Waals surface area contributed by atoms with Crippen LogP contribution in [0.25, 0.3) is 0 Å². The van der Waals surface area contributed by atoms with Crippen molar-refractivity contribution in [3.05, 3.63) is 46.2 Å². The summed E-state index contributed by atoms with van der Waals surface area (Å²) in [6.07, 6.45) is 0.